The number of carbonyl (C=O) groups excluding carboxylic acids is 2. The average molecular weight is 430 g/mol. The van der Waals surface area contributed by atoms with Crippen LogP contribution in [0.3, 0.4) is 0 Å². The minimum atomic E-state index is -0.428. The van der Waals surface area contributed by atoms with Crippen molar-refractivity contribution in [1.29, 1.82) is 0 Å². The molecule has 0 aliphatic heterocycles. The van der Waals surface area contributed by atoms with Crippen LogP contribution in [0.2, 0.25) is 0 Å². The van der Waals surface area contributed by atoms with Crippen LogP contribution in [0.5, 0.6) is 0 Å². The highest BCUT2D eigenvalue weighted by Crippen LogP contribution is 2.20. The number of nitrogens with zero attached hydrogens (tertiary/aromatic N) is 2. The normalized spacial score (nSPS) is 10.8. The van der Waals surface area contributed by atoms with E-state index < -0.39 is 5.97 Å². The second-order valence-corrected chi connectivity index (χ2v) is 8.06. The number of methoxy groups -OCH3 is 1. The largest absolute Gasteiger partial charge is 0.465 e. The van der Waals surface area contributed by atoms with Crippen molar-refractivity contribution in [2.24, 2.45) is 0 Å². The molecule has 0 unspecified atom stereocenters. The molecule has 2 aromatic heterocycles. The van der Waals surface area contributed by atoms with E-state index in [0.29, 0.717) is 16.3 Å². The number of aromatic amines is 1. The SMILES string of the molecule is COC(=O)c1ccc(C(=O)N(C)CCCCCc2cc(-c3ccc(F)cc3)n[nH]2)s1. The van der Waals surface area contributed by atoms with Gasteiger partial charge in [-0.25, -0.2) is 9.18 Å². The summed E-state index contributed by atoms with van der Waals surface area (Å²) in [7, 11) is 3.09. The zero-order valence-electron chi connectivity index (χ0n) is 17.0. The van der Waals surface area contributed by atoms with E-state index in [1.807, 2.05) is 6.07 Å². The van der Waals surface area contributed by atoms with Crippen molar-refractivity contribution in [2.75, 3.05) is 20.7 Å². The summed E-state index contributed by atoms with van der Waals surface area (Å²) >= 11 is 1.15. The second-order valence-electron chi connectivity index (χ2n) is 6.98. The number of hydrogen-bond acceptors (Lipinski definition) is 5. The van der Waals surface area contributed by atoms with Crippen molar-refractivity contribution < 1.29 is 18.7 Å². The van der Waals surface area contributed by atoms with Gasteiger partial charge in [0.15, 0.2) is 0 Å². The van der Waals surface area contributed by atoms with Crippen molar-refractivity contribution >= 4 is 23.2 Å². The third kappa shape index (κ3) is 5.54. The fourth-order valence-corrected chi connectivity index (χ4v) is 3.97. The number of rotatable bonds is 9. The van der Waals surface area contributed by atoms with Crippen LogP contribution in [0.15, 0.2) is 42.5 Å². The van der Waals surface area contributed by atoms with Crippen LogP contribution in [0.4, 0.5) is 4.39 Å². The lowest BCUT2D eigenvalue weighted by Crippen LogP contribution is -2.27. The van der Waals surface area contributed by atoms with Gasteiger partial charge in [0.05, 0.1) is 17.7 Å². The number of carbonyl (C=O) groups is 2. The Morgan fingerprint density at radius 2 is 1.83 bits per heavy atom. The Kier molecular flexibility index (Phi) is 7.35. The number of ether oxygens (including phenoxy) is 1. The van der Waals surface area contributed by atoms with Crippen LogP contribution in [-0.2, 0) is 11.2 Å². The molecule has 0 fully saturated rings. The zero-order valence-corrected chi connectivity index (χ0v) is 17.8. The van der Waals surface area contributed by atoms with Crippen molar-refractivity contribution in [3.8, 4) is 11.3 Å². The van der Waals surface area contributed by atoms with Crippen LogP contribution in [-0.4, -0.2) is 47.7 Å². The lowest BCUT2D eigenvalue weighted by molar-refractivity contribution is 0.0606. The van der Waals surface area contributed by atoms with Crippen LogP contribution >= 0.6 is 11.3 Å². The van der Waals surface area contributed by atoms with Gasteiger partial charge in [-0.05, 0) is 61.7 Å². The van der Waals surface area contributed by atoms with E-state index in [1.165, 1.54) is 19.2 Å². The van der Waals surface area contributed by atoms with E-state index >= 15 is 0 Å². The third-order valence-corrected chi connectivity index (χ3v) is 5.81. The maximum Gasteiger partial charge on any atom is 0.348 e. The smallest absolute Gasteiger partial charge is 0.348 e. The van der Waals surface area contributed by atoms with E-state index in [9.17, 15) is 14.0 Å². The van der Waals surface area contributed by atoms with Crippen molar-refractivity contribution in [3.05, 3.63) is 63.7 Å². The summed E-state index contributed by atoms with van der Waals surface area (Å²) in [4.78, 5) is 26.6. The number of benzene rings is 1. The third-order valence-electron chi connectivity index (χ3n) is 4.76. The molecular formula is C22H24FN3O3S. The van der Waals surface area contributed by atoms with Crippen LogP contribution in [0.1, 0.15) is 44.3 Å². The van der Waals surface area contributed by atoms with Crippen molar-refractivity contribution in [2.45, 2.75) is 25.7 Å². The molecule has 0 radical (unpaired) electrons. The first-order valence-corrected chi connectivity index (χ1v) is 10.5. The van der Waals surface area contributed by atoms with E-state index in [0.717, 1.165) is 54.0 Å². The molecule has 0 saturated heterocycles. The van der Waals surface area contributed by atoms with Crippen LogP contribution < -0.4 is 0 Å². The number of nitrogens with one attached hydrogen (secondary N) is 1. The molecule has 0 aliphatic carbocycles. The fourth-order valence-electron chi connectivity index (χ4n) is 3.05. The highest BCUT2D eigenvalue weighted by molar-refractivity contribution is 7.15. The molecule has 8 heteroatoms. The van der Waals surface area contributed by atoms with Crippen LogP contribution in [0.25, 0.3) is 11.3 Å². The van der Waals surface area contributed by atoms with E-state index in [1.54, 1.807) is 36.2 Å². The molecule has 1 N–H and O–H groups in total. The monoisotopic (exact) mass is 429 g/mol. The molecule has 2 heterocycles. The molecule has 0 bridgehead atoms. The molecule has 3 aromatic rings. The molecule has 158 valence electrons. The Bertz CT molecular complexity index is 997. The summed E-state index contributed by atoms with van der Waals surface area (Å²) in [6.45, 7) is 0.647. The molecule has 1 amide bonds. The number of thiophene rings is 1. The first-order valence-electron chi connectivity index (χ1n) is 9.72. The summed E-state index contributed by atoms with van der Waals surface area (Å²) in [6, 6.07) is 11.5. The molecule has 0 atom stereocenters. The topological polar surface area (TPSA) is 75.3 Å². The summed E-state index contributed by atoms with van der Waals surface area (Å²) in [5, 5.41) is 7.32. The number of aryl methyl sites for hydroxylation is 1. The van der Waals surface area contributed by atoms with Crippen LogP contribution in [0, 0.1) is 5.82 Å². The van der Waals surface area contributed by atoms with Gasteiger partial charge in [-0.15, -0.1) is 11.3 Å². The summed E-state index contributed by atoms with van der Waals surface area (Å²) in [6.07, 6.45) is 3.69. The molecule has 1 aromatic carbocycles. The number of H-pyrrole nitrogens is 1. The first-order chi connectivity index (χ1) is 14.5. The van der Waals surface area contributed by atoms with Gasteiger partial charge in [-0.1, -0.05) is 6.42 Å². The maximum atomic E-state index is 13.0. The maximum absolute atomic E-state index is 13.0. The van der Waals surface area contributed by atoms with Gasteiger partial charge in [0.25, 0.3) is 5.91 Å². The number of amides is 1. The highest BCUT2D eigenvalue weighted by atomic mass is 32.1. The van der Waals surface area contributed by atoms with Gasteiger partial charge in [0, 0.05) is 24.8 Å². The second kappa shape index (κ2) is 10.2. The van der Waals surface area contributed by atoms with Gasteiger partial charge in [0.1, 0.15) is 10.7 Å². The van der Waals surface area contributed by atoms with Gasteiger partial charge < -0.3 is 9.64 Å². The summed E-state index contributed by atoms with van der Waals surface area (Å²) in [5.74, 6) is -0.781. The summed E-state index contributed by atoms with van der Waals surface area (Å²) in [5.41, 5.74) is 2.72. The predicted octanol–water partition coefficient (Wildman–Crippen LogP) is 4.55. The number of halogens is 1. The van der Waals surface area contributed by atoms with Crippen molar-refractivity contribution in [1.82, 2.24) is 15.1 Å². The standard InChI is InChI=1S/C22H24FN3O3S/c1-26(21(27)19-11-12-20(30-19)22(28)29-2)13-5-3-4-6-17-14-18(25-24-17)15-7-9-16(23)10-8-15/h7-12,14H,3-6,13H2,1-2H3,(H,24,25). The lowest BCUT2D eigenvalue weighted by atomic mass is 10.1. The Morgan fingerprint density at radius 1 is 1.10 bits per heavy atom. The molecule has 30 heavy (non-hydrogen) atoms. The highest BCUT2D eigenvalue weighted by Gasteiger charge is 2.17. The minimum Gasteiger partial charge on any atom is -0.465 e. The number of esters is 1. The number of aromatic nitrogens is 2. The van der Waals surface area contributed by atoms with E-state index in [-0.39, 0.29) is 11.7 Å². The Morgan fingerprint density at radius 3 is 2.57 bits per heavy atom. The Hall–Kier alpha value is -3.00. The minimum absolute atomic E-state index is 0.0901. The molecule has 3 rings (SSSR count). The molecule has 0 spiro atoms. The number of hydrogen-bond donors (Lipinski definition) is 1. The molecule has 6 nitrogen and oxygen atoms in total. The average Bonchev–Trinajstić information content (AvgIpc) is 3.43. The van der Waals surface area contributed by atoms with Gasteiger partial charge in [-0.3, -0.25) is 9.89 Å². The van der Waals surface area contributed by atoms with E-state index in [2.05, 4.69) is 14.9 Å². The van der Waals surface area contributed by atoms with Gasteiger partial charge in [-0.2, -0.15) is 5.10 Å². The first kappa shape index (κ1) is 21.7. The zero-order chi connectivity index (χ0) is 21.5. The van der Waals surface area contributed by atoms with Crippen molar-refractivity contribution in [3.63, 3.8) is 0 Å². The fraction of sp³-hybridized carbons (Fsp3) is 0.318. The molecule has 0 aliphatic rings. The number of unbranched alkanes of at least 4 members (excludes halogenated alkanes) is 2. The van der Waals surface area contributed by atoms with E-state index in [4.69, 9.17) is 0 Å². The Balaban J connectivity index is 1.40. The predicted molar refractivity (Wildman–Crippen MR) is 114 cm³/mol. The Labute approximate surface area is 178 Å². The quantitative estimate of drug-likeness (QED) is 0.400. The summed E-state index contributed by atoms with van der Waals surface area (Å²) < 4.78 is 17.7. The lowest BCUT2D eigenvalue weighted by Gasteiger charge is -2.15. The van der Waals surface area contributed by atoms with Gasteiger partial charge in [0.2, 0.25) is 0 Å². The molecular weight excluding hydrogens is 405 g/mol. The molecule has 0 saturated carbocycles. The van der Waals surface area contributed by atoms with Gasteiger partial charge >= 0.3 is 5.97 Å².